The molecule has 1 amide bonds. The minimum atomic E-state index is -1.00. The molecule has 1 unspecified atom stereocenters. The van der Waals surface area contributed by atoms with Crippen LogP contribution in [-0.2, 0) is 9.59 Å². The van der Waals surface area contributed by atoms with Crippen molar-refractivity contribution in [2.45, 2.75) is 18.9 Å². The second-order valence-corrected chi connectivity index (χ2v) is 5.14. The van der Waals surface area contributed by atoms with Gasteiger partial charge in [-0.3, -0.25) is 4.79 Å². The van der Waals surface area contributed by atoms with Crippen molar-refractivity contribution >= 4 is 23.6 Å². The summed E-state index contributed by atoms with van der Waals surface area (Å²) in [6.45, 7) is 0.227. The Kier molecular flexibility index (Phi) is 7.57. The summed E-state index contributed by atoms with van der Waals surface area (Å²) in [5.74, 6) is 0.0703. The van der Waals surface area contributed by atoms with Crippen LogP contribution in [0.15, 0.2) is 30.3 Å². The molecule has 0 heterocycles. The fourth-order valence-electron chi connectivity index (χ4n) is 1.54. The largest absolute Gasteiger partial charge is 0.493 e. The first-order valence-electron chi connectivity index (χ1n) is 6.32. The molecule has 0 fully saturated rings. The van der Waals surface area contributed by atoms with Crippen LogP contribution in [0.25, 0.3) is 0 Å². The minimum absolute atomic E-state index is 0.137. The van der Waals surface area contributed by atoms with Gasteiger partial charge < -0.3 is 15.2 Å². The van der Waals surface area contributed by atoms with E-state index in [2.05, 4.69) is 5.32 Å². The first kappa shape index (κ1) is 16.4. The van der Waals surface area contributed by atoms with Crippen LogP contribution in [0.3, 0.4) is 0 Å². The lowest BCUT2D eigenvalue weighted by molar-refractivity contribution is -0.141. The lowest BCUT2D eigenvalue weighted by Crippen LogP contribution is -2.41. The highest BCUT2D eigenvalue weighted by molar-refractivity contribution is 7.98. The fraction of sp³-hybridized carbons (Fsp3) is 0.429. The van der Waals surface area contributed by atoms with Gasteiger partial charge in [-0.15, -0.1) is 0 Å². The maximum Gasteiger partial charge on any atom is 0.326 e. The molecule has 1 rings (SSSR count). The molecule has 1 atom stereocenters. The molecule has 2 N–H and O–H groups in total. The Labute approximate surface area is 122 Å². The molecule has 110 valence electrons. The Hall–Kier alpha value is -1.69. The summed E-state index contributed by atoms with van der Waals surface area (Å²) in [6.07, 6.45) is 2.45. The zero-order valence-corrected chi connectivity index (χ0v) is 12.2. The quantitative estimate of drug-likeness (QED) is 0.726. The number of ether oxygens (including phenoxy) is 1. The summed E-state index contributed by atoms with van der Waals surface area (Å²) < 4.78 is 5.39. The number of hydrogen-bond donors (Lipinski definition) is 2. The highest BCUT2D eigenvalue weighted by Crippen LogP contribution is 2.08. The molecule has 0 aliphatic heterocycles. The third kappa shape index (κ3) is 6.47. The Balaban J connectivity index is 2.29. The predicted octanol–water partition coefficient (Wildman–Crippen LogP) is 1.78. The SMILES string of the molecule is CSCCC(NC(=O)CCOc1ccccc1)C(=O)O. The summed E-state index contributed by atoms with van der Waals surface area (Å²) in [5.41, 5.74) is 0. The van der Waals surface area contributed by atoms with Crippen LogP contribution < -0.4 is 10.1 Å². The number of hydrogen-bond acceptors (Lipinski definition) is 4. The van der Waals surface area contributed by atoms with E-state index in [0.29, 0.717) is 17.9 Å². The number of aliphatic carboxylic acids is 1. The van der Waals surface area contributed by atoms with Gasteiger partial charge in [0.15, 0.2) is 0 Å². The molecule has 0 aliphatic carbocycles. The van der Waals surface area contributed by atoms with Crippen LogP contribution in [0.5, 0.6) is 5.75 Å². The lowest BCUT2D eigenvalue weighted by atomic mass is 10.2. The standard InChI is InChI=1S/C14H19NO4S/c1-20-10-8-12(14(17)18)15-13(16)7-9-19-11-5-3-2-4-6-11/h2-6,12H,7-10H2,1H3,(H,15,16)(H,17,18). The van der Waals surface area contributed by atoms with E-state index in [1.807, 2.05) is 24.5 Å². The summed E-state index contributed by atoms with van der Waals surface area (Å²) in [6, 6.07) is 8.35. The van der Waals surface area contributed by atoms with Gasteiger partial charge in [0.1, 0.15) is 11.8 Å². The van der Waals surface area contributed by atoms with Crippen molar-refractivity contribution in [2.24, 2.45) is 0 Å². The van der Waals surface area contributed by atoms with E-state index in [9.17, 15) is 9.59 Å². The summed E-state index contributed by atoms with van der Waals surface area (Å²) in [7, 11) is 0. The second-order valence-electron chi connectivity index (χ2n) is 4.15. The molecule has 0 bridgehead atoms. The molecule has 1 aromatic carbocycles. The van der Waals surface area contributed by atoms with E-state index in [4.69, 9.17) is 9.84 Å². The average molecular weight is 297 g/mol. The number of carboxylic acids is 1. The van der Waals surface area contributed by atoms with Crippen LogP contribution in [0.2, 0.25) is 0 Å². The van der Waals surface area contributed by atoms with Crippen LogP contribution in [-0.4, -0.2) is 41.6 Å². The van der Waals surface area contributed by atoms with Crippen molar-refractivity contribution in [1.29, 1.82) is 0 Å². The maximum atomic E-state index is 11.7. The smallest absolute Gasteiger partial charge is 0.326 e. The van der Waals surface area contributed by atoms with E-state index in [0.717, 1.165) is 0 Å². The summed E-state index contributed by atoms with van der Waals surface area (Å²) >= 11 is 1.55. The van der Waals surface area contributed by atoms with Crippen molar-refractivity contribution < 1.29 is 19.4 Å². The van der Waals surface area contributed by atoms with Crippen LogP contribution in [0, 0.1) is 0 Å². The number of carboxylic acid groups (broad SMARTS) is 1. The predicted molar refractivity (Wildman–Crippen MR) is 79.1 cm³/mol. The van der Waals surface area contributed by atoms with Gasteiger partial charge in [0.25, 0.3) is 0 Å². The lowest BCUT2D eigenvalue weighted by Gasteiger charge is -2.14. The van der Waals surface area contributed by atoms with Crippen molar-refractivity contribution in [2.75, 3.05) is 18.6 Å². The molecule has 0 radical (unpaired) electrons. The number of nitrogens with one attached hydrogen (secondary N) is 1. The van der Waals surface area contributed by atoms with Crippen LogP contribution in [0.4, 0.5) is 0 Å². The van der Waals surface area contributed by atoms with Crippen LogP contribution in [0.1, 0.15) is 12.8 Å². The summed E-state index contributed by atoms with van der Waals surface area (Å²) in [5, 5.41) is 11.5. The zero-order chi connectivity index (χ0) is 14.8. The molecular formula is C14H19NO4S. The van der Waals surface area contributed by atoms with Gasteiger partial charge in [-0.25, -0.2) is 4.79 Å². The van der Waals surface area contributed by atoms with E-state index < -0.39 is 12.0 Å². The molecular weight excluding hydrogens is 278 g/mol. The van der Waals surface area contributed by atoms with E-state index in [1.54, 1.807) is 23.9 Å². The number of rotatable bonds is 9. The molecule has 0 saturated carbocycles. The average Bonchev–Trinajstić information content (AvgIpc) is 2.44. The van der Waals surface area contributed by atoms with Crippen molar-refractivity contribution in [1.82, 2.24) is 5.32 Å². The van der Waals surface area contributed by atoms with Gasteiger partial charge in [-0.1, -0.05) is 18.2 Å². The molecule has 6 heteroatoms. The van der Waals surface area contributed by atoms with E-state index >= 15 is 0 Å². The second kappa shape index (κ2) is 9.25. The van der Waals surface area contributed by atoms with Crippen molar-refractivity contribution in [3.05, 3.63) is 30.3 Å². The molecule has 1 aromatic rings. The Bertz CT molecular complexity index is 424. The Morgan fingerprint density at radius 1 is 1.35 bits per heavy atom. The molecule has 0 saturated heterocycles. The third-order valence-corrected chi connectivity index (χ3v) is 3.23. The highest BCUT2D eigenvalue weighted by atomic mass is 32.2. The normalized spacial score (nSPS) is 11.7. The first-order valence-corrected chi connectivity index (χ1v) is 7.72. The fourth-order valence-corrected chi connectivity index (χ4v) is 2.01. The van der Waals surface area contributed by atoms with Crippen LogP contribution >= 0.6 is 11.8 Å². The topological polar surface area (TPSA) is 75.6 Å². The van der Waals surface area contributed by atoms with Gasteiger partial charge in [0.05, 0.1) is 13.0 Å². The van der Waals surface area contributed by atoms with Gasteiger partial charge in [0.2, 0.25) is 5.91 Å². The number of benzene rings is 1. The maximum absolute atomic E-state index is 11.7. The first-order chi connectivity index (χ1) is 9.63. The molecule has 5 nitrogen and oxygen atoms in total. The number of carbonyl (C=O) groups is 2. The monoisotopic (exact) mass is 297 g/mol. The van der Waals surface area contributed by atoms with Crippen molar-refractivity contribution in [3.63, 3.8) is 0 Å². The molecule has 0 spiro atoms. The molecule has 20 heavy (non-hydrogen) atoms. The van der Waals surface area contributed by atoms with Gasteiger partial charge >= 0.3 is 5.97 Å². The third-order valence-electron chi connectivity index (χ3n) is 2.59. The van der Waals surface area contributed by atoms with E-state index in [1.165, 1.54) is 0 Å². The zero-order valence-electron chi connectivity index (χ0n) is 11.4. The number of amides is 1. The van der Waals surface area contributed by atoms with Gasteiger partial charge in [0, 0.05) is 0 Å². The molecule has 0 aromatic heterocycles. The van der Waals surface area contributed by atoms with Crippen molar-refractivity contribution in [3.8, 4) is 5.75 Å². The Morgan fingerprint density at radius 2 is 2.05 bits per heavy atom. The summed E-state index contributed by atoms with van der Waals surface area (Å²) in [4.78, 5) is 22.6. The van der Waals surface area contributed by atoms with Gasteiger partial charge in [-0.2, -0.15) is 11.8 Å². The highest BCUT2D eigenvalue weighted by Gasteiger charge is 2.18. The minimum Gasteiger partial charge on any atom is -0.493 e. The molecule has 0 aliphatic rings. The number of carbonyl (C=O) groups excluding carboxylic acids is 1. The number of para-hydroxylation sites is 1. The van der Waals surface area contributed by atoms with Gasteiger partial charge in [-0.05, 0) is 30.6 Å². The number of thioether (sulfide) groups is 1. The van der Waals surface area contributed by atoms with E-state index in [-0.39, 0.29) is 18.9 Å². The Morgan fingerprint density at radius 3 is 2.65 bits per heavy atom.